The zero-order chi connectivity index (χ0) is 9.68. The summed E-state index contributed by atoms with van der Waals surface area (Å²) in [6.07, 6.45) is 4.95. The highest BCUT2D eigenvalue weighted by Crippen LogP contribution is 2.04. The van der Waals surface area contributed by atoms with Gasteiger partial charge in [-0.25, -0.2) is 9.97 Å². The van der Waals surface area contributed by atoms with Gasteiger partial charge in [-0.05, 0) is 0 Å². The van der Waals surface area contributed by atoms with Gasteiger partial charge in [-0.2, -0.15) is 0 Å². The molecule has 0 unspecified atom stereocenters. The second-order valence-corrected chi connectivity index (χ2v) is 2.36. The van der Waals surface area contributed by atoms with Crippen LogP contribution in [0.2, 0.25) is 0 Å². The van der Waals surface area contributed by atoms with Crippen LogP contribution < -0.4 is 5.73 Å². The van der Waals surface area contributed by atoms with Crippen molar-refractivity contribution in [2.75, 3.05) is 5.73 Å². The van der Waals surface area contributed by atoms with Crippen LogP contribution >= 0.6 is 0 Å². The molecule has 0 amide bonds. The first-order valence-corrected chi connectivity index (χ1v) is 3.67. The molecular weight excluding hydrogens is 168 g/mol. The molecule has 0 atom stereocenters. The van der Waals surface area contributed by atoms with Crippen LogP contribution in [0.15, 0.2) is 24.0 Å². The van der Waals surface area contributed by atoms with Crippen molar-refractivity contribution in [2.45, 2.75) is 6.42 Å². The number of allylic oxidation sites excluding steroid dienone is 1. The van der Waals surface area contributed by atoms with E-state index in [9.17, 15) is 0 Å². The number of rotatable bonds is 3. The lowest BCUT2D eigenvalue weighted by atomic mass is 10.3. The van der Waals surface area contributed by atoms with E-state index in [1.54, 1.807) is 6.08 Å². The lowest BCUT2D eigenvalue weighted by Gasteiger charge is -1.99. The van der Waals surface area contributed by atoms with Crippen molar-refractivity contribution in [2.24, 2.45) is 5.16 Å². The molecule has 0 fully saturated rings. The van der Waals surface area contributed by atoms with Crippen LogP contribution in [-0.4, -0.2) is 21.4 Å². The van der Waals surface area contributed by atoms with Gasteiger partial charge in [0, 0.05) is 12.6 Å². The summed E-state index contributed by atoms with van der Waals surface area (Å²) < 4.78 is 0. The monoisotopic (exact) mass is 178 g/mol. The number of anilines is 1. The van der Waals surface area contributed by atoms with Crippen molar-refractivity contribution in [3.8, 4) is 0 Å². The number of aromatic nitrogens is 2. The van der Waals surface area contributed by atoms with Gasteiger partial charge in [0.15, 0.2) is 0 Å². The summed E-state index contributed by atoms with van der Waals surface area (Å²) in [5, 5.41) is 11.1. The maximum absolute atomic E-state index is 8.26. The third kappa shape index (κ3) is 2.26. The van der Waals surface area contributed by atoms with Gasteiger partial charge in [0.1, 0.15) is 11.6 Å². The molecule has 3 N–H and O–H groups in total. The fourth-order valence-corrected chi connectivity index (χ4v) is 0.832. The van der Waals surface area contributed by atoms with Crippen LogP contribution in [0.1, 0.15) is 11.4 Å². The third-order valence-electron chi connectivity index (χ3n) is 1.42. The first-order valence-electron chi connectivity index (χ1n) is 3.67. The van der Waals surface area contributed by atoms with E-state index in [4.69, 9.17) is 10.9 Å². The lowest BCUT2D eigenvalue weighted by molar-refractivity contribution is 0.322. The van der Waals surface area contributed by atoms with Crippen LogP contribution in [0.25, 0.3) is 0 Å². The summed E-state index contributed by atoms with van der Waals surface area (Å²) in [5.41, 5.74) is 6.05. The Hall–Kier alpha value is -1.91. The van der Waals surface area contributed by atoms with Gasteiger partial charge < -0.3 is 10.9 Å². The molecule has 1 rings (SSSR count). The van der Waals surface area contributed by atoms with Gasteiger partial charge in [-0.1, -0.05) is 11.2 Å². The van der Waals surface area contributed by atoms with Crippen molar-refractivity contribution in [1.29, 1.82) is 0 Å². The normalized spacial score (nSPS) is 10.5. The van der Waals surface area contributed by atoms with Crippen molar-refractivity contribution in [3.05, 3.63) is 30.2 Å². The number of nitrogens with two attached hydrogens (primary N) is 1. The summed E-state index contributed by atoms with van der Waals surface area (Å²) in [6.45, 7) is 3.56. The van der Waals surface area contributed by atoms with Gasteiger partial charge >= 0.3 is 0 Å². The molecule has 1 aromatic rings. The zero-order valence-corrected chi connectivity index (χ0v) is 7.01. The molecule has 1 heterocycles. The highest BCUT2D eigenvalue weighted by molar-refractivity contribution is 5.84. The zero-order valence-electron chi connectivity index (χ0n) is 7.01. The number of hydrogen-bond donors (Lipinski definition) is 2. The number of hydrogen-bond acceptors (Lipinski definition) is 5. The molecule has 5 heteroatoms. The minimum absolute atomic E-state index is 0.296. The maximum Gasteiger partial charge on any atom is 0.136 e. The van der Waals surface area contributed by atoms with Crippen molar-refractivity contribution in [1.82, 2.24) is 9.97 Å². The Kier molecular flexibility index (Phi) is 2.97. The minimum atomic E-state index is 0.296. The number of nitrogens with zero attached hydrogens (tertiary/aromatic N) is 3. The van der Waals surface area contributed by atoms with Gasteiger partial charge in [0.25, 0.3) is 0 Å². The highest BCUT2D eigenvalue weighted by Gasteiger charge is 2.00. The fourth-order valence-electron chi connectivity index (χ4n) is 0.832. The van der Waals surface area contributed by atoms with Gasteiger partial charge in [0.2, 0.25) is 0 Å². The average molecular weight is 178 g/mol. The molecule has 0 spiro atoms. The third-order valence-corrected chi connectivity index (χ3v) is 1.42. The van der Waals surface area contributed by atoms with Gasteiger partial charge in [0.05, 0.1) is 11.8 Å². The van der Waals surface area contributed by atoms with Crippen LogP contribution in [0.3, 0.4) is 0 Å². The first kappa shape index (κ1) is 9.18. The second-order valence-electron chi connectivity index (χ2n) is 2.36. The Balaban J connectivity index is 2.97. The largest absolute Gasteiger partial charge is 0.411 e. The first-order chi connectivity index (χ1) is 6.27. The Labute approximate surface area is 75.6 Å². The Morgan fingerprint density at radius 3 is 3.00 bits per heavy atom. The van der Waals surface area contributed by atoms with Crippen LogP contribution in [0.4, 0.5) is 5.82 Å². The highest BCUT2D eigenvalue weighted by atomic mass is 16.4. The quantitative estimate of drug-likeness (QED) is 0.307. The molecule has 0 aromatic carbocycles. The molecule has 13 heavy (non-hydrogen) atoms. The van der Waals surface area contributed by atoms with Crippen LogP contribution in [-0.2, 0) is 6.42 Å². The summed E-state index contributed by atoms with van der Waals surface area (Å²) in [5.74, 6) is 0.896. The standard InChI is InChI=1S/C8H10N4O/c1-2-3-7-10-4-6(5-11-13)8(9)12-7/h2,4-5,13H,1,3H2,(H2,9,10,12). The predicted octanol–water partition coefficient (Wildman–Crippen LogP) is 0.595. The summed E-state index contributed by atoms with van der Waals surface area (Å²) in [6, 6.07) is 0. The van der Waals surface area contributed by atoms with Crippen LogP contribution in [0, 0.1) is 0 Å². The molecule has 0 radical (unpaired) electrons. The molecule has 0 aliphatic rings. The SMILES string of the molecule is C=CCc1ncc(C=NO)c(N)n1. The summed E-state index contributed by atoms with van der Waals surface area (Å²) in [4.78, 5) is 7.96. The summed E-state index contributed by atoms with van der Waals surface area (Å²) in [7, 11) is 0. The lowest BCUT2D eigenvalue weighted by Crippen LogP contribution is -2.02. The van der Waals surface area contributed by atoms with Crippen molar-refractivity contribution < 1.29 is 5.21 Å². The minimum Gasteiger partial charge on any atom is -0.411 e. The number of oxime groups is 1. The predicted molar refractivity (Wildman–Crippen MR) is 49.7 cm³/mol. The van der Waals surface area contributed by atoms with Crippen LogP contribution in [0.5, 0.6) is 0 Å². The molecule has 0 saturated carbocycles. The molecular formula is C8H10N4O. The van der Waals surface area contributed by atoms with Crippen molar-refractivity contribution in [3.63, 3.8) is 0 Å². The smallest absolute Gasteiger partial charge is 0.136 e. The second kappa shape index (κ2) is 4.20. The van der Waals surface area contributed by atoms with Crippen molar-refractivity contribution >= 4 is 12.0 Å². The fraction of sp³-hybridized carbons (Fsp3) is 0.125. The van der Waals surface area contributed by atoms with E-state index >= 15 is 0 Å². The molecule has 0 aliphatic heterocycles. The maximum atomic E-state index is 8.26. The van der Waals surface area contributed by atoms with E-state index in [1.165, 1.54) is 12.4 Å². The van der Waals surface area contributed by atoms with E-state index in [2.05, 4.69) is 21.7 Å². The van der Waals surface area contributed by atoms with Gasteiger partial charge in [-0.3, -0.25) is 0 Å². The van der Waals surface area contributed by atoms with E-state index in [-0.39, 0.29) is 0 Å². The molecule has 0 bridgehead atoms. The Morgan fingerprint density at radius 2 is 2.46 bits per heavy atom. The van der Waals surface area contributed by atoms with E-state index in [1.807, 2.05) is 0 Å². The van der Waals surface area contributed by atoms with E-state index in [0.29, 0.717) is 23.6 Å². The molecule has 68 valence electrons. The summed E-state index contributed by atoms with van der Waals surface area (Å²) >= 11 is 0. The molecule has 0 saturated heterocycles. The van der Waals surface area contributed by atoms with Gasteiger partial charge in [-0.15, -0.1) is 6.58 Å². The van der Waals surface area contributed by atoms with E-state index in [0.717, 1.165) is 0 Å². The Morgan fingerprint density at radius 1 is 1.69 bits per heavy atom. The van der Waals surface area contributed by atoms with E-state index < -0.39 is 0 Å². The molecule has 5 nitrogen and oxygen atoms in total. The topological polar surface area (TPSA) is 84.4 Å². The Bertz CT molecular complexity index is 335. The average Bonchev–Trinajstić information content (AvgIpc) is 2.10. The number of nitrogen functional groups attached to an aromatic ring is 1. The molecule has 1 aromatic heterocycles. The molecule has 0 aliphatic carbocycles.